The van der Waals surface area contributed by atoms with E-state index in [1.807, 2.05) is 67.0 Å². The third-order valence-corrected chi connectivity index (χ3v) is 3.38. The first-order chi connectivity index (χ1) is 10.8. The van der Waals surface area contributed by atoms with Crippen molar-refractivity contribution in [1.82, 2.24) is 4.57 Å². The van der Waals surface area contributed by atoms with Gasteiger partial charge in [-0.15, -0.1) is 0 Å². The van der Waals surface area contributed by atoms with Crippen LogP contribution in [0.4, 0.5) is 0 Å². The van der Waals surface area contributed by atoms with E-state index in [2.05, 4.69) is 12.2 Å². The van der Waals surface area contributed by atoms with Crippen LogP contribution in [0.3, 0.4) is 0 Å². The summed E-state index contributed by atoms with van der Waals surface area (Å²) < 4.78 is 1.85. The number of benzene rings is 1. The van der Waals surface area contributed by atoms with Crippen LogP contribution < -0.4 is 0 Å². The Morgan fingerprint density at radius 3 is 2.77 bits per heavy atom. The van der Waals surface area contributed by atoms with E-state index >= 15 is 0 Å². The van der Waals surface area contributed by atoms with Crippen molar-refractivity contribution in [2.24, 2.45) is 0 Å². The van der Waals surface area contributed by atoms with Crippen molar-refractivity contribution in [3.8, 4) is 0 Å². The molecule has 1 aromatic heterocycles. The summed E-state index contributed by atoms with van der Waals surface area (Å²) in [6.45, 7) is 3.97. The Balaban J connectivity index is 0.000000847. The lowest BCUT2D eigenvalue weighted by Gasteiger charge is -2.08. The van der Waals surface area contributed by atoms with Gasteiger partial charge in [0.15, 0.2) is 0 Å². The van der Waals surface area contributed by atoms with E-state index in [9.17, 15) is 4.79 Å². The summed E-state index contributed by atoms with van der Waals surface area (Å²) in [5.41, 5.74) is 2.93. The van der Waals surface area contributed by atoms with Gasteiger partial charge in [0.05, 0.1) is 0 Å². The molecule has 3 rings (SSSR count). The summed E-state index contributed by atoms with van der Waals surface area (Å²) in [5, 5.41) is 10.2. The zero-order valence-electron chi connectivity index (χ0n) is 13.0. The SMILES string of the molecule is CC.O=C(O)Cn1c(C2=CC=CCC=C2)cc2ccccc21. The predicted octanol–water partition coefficient (Wildman–Crippen LogP) is 4.65. The van der Waals surface area contributed by atoms with Crippen molar-refractivity contribution in [3.05, 3.63) is 66.4 Å². The number of allylic oxidation sites excluding steroid dienone is 6. The molecule has 0 amide bonds. The highest BCUT2D eigenvalue weighted by atomic mass is 16.4. The van der Waals surface area contributed by atoms with Crippen LogP contribution in [-0.4, -0.2) is 15.6 Å². The van der Waals surface area contributed by atoms with E-state index in [1.165, 1.54) is 0 Å². The third-order valence-electron chi connectivity index (χ3n) is 3.38. The van der Waals surface area contributed by atoms with Gasteiger partial charge in [-0.3, -0.25) is 4.79 Å². The lowest BCUT2D eigenvalue weighted by atomic mass is 10.1. The topological polar surface area (TPSA) is 42.2 Å². The first-order valence-corrected chi connectivity index (χ1v) is 7.59. The molecule has 0 unspecified atom stereocenters. The van der Waals surface area contributed by atoms with Crippen LogP contribution in [0.1, 0.15) is 26.0 Å². The molecule has 0 atom stereocenters. The molecule has 1 aromatic carbocycles. The molecule has 114 valence electrons. The molecule has 2 aromatic rings. The van der Waals surface area contributed by atoms with Gasteiger partial charge in [0.1, 0.15) is 6.54 Å². The molecule has 1 N–H and O–H groups in total. The molecule has 1 aliphatic rings. The van der Waals surface area contributed by atoms with Gasteiger partial charge in [-0.25, -0.2) is 0 Å². The summed E-state index contributed by atoms with van der Waals surface area (Å²) in [6, 6.07) is 9.91. The van der Waals surface area contributed by atoms with Gasteiger partial charge in [0, 0.05) is 16.6 Å². The molecule has 3 heteroatoms. The van der Waals surface area contributed by atoms with Crippen molar-refractivity contribution in [3.63, 3.8) is 0 Å². The van der Waals surface area contributed by atoms with E-state index in [0.717, 1.165) is 28.6 Å². The Morgan fingerprint density at radius 2 is 2.00 bits per heavy atom. The molecule has 0 spiro atoms. The fourth-order valence-electron chi connectivity index (χ4n) is 2.51. The molecule has 0 fully saturated rings. The van der Waals surface area contributed by atoms with Crippen LogP contribution in [0.25, 0.3) is 16.5 Å². The van der Waals surface area contributed by atoms with Gasteiger partial charge in [0.2, 0.25) is 0 Å². The summed E-state index contributed by atoms with van der Waals surface area (Å²) in [6.07, 6.45) is 11.1. The highest BCUT2D eigenvalue weighted by Gasteiger charge is 2.13. The lowest BCUT2D eigenvalue weighted by molar-refractivity contribution is -0.137. The summed E-state index contributed by atoms with van der Waals surface area (Å²) in [4.78, 5) is 11.1. The minimum Gasteiger partial charge on any atom is -0.480 e. The Hall–Kier alpha value is -2.55. The van der Waals surface area contributed by atoms with Crippen molar-refractivity contribution >= 4 is 22.4 Å². The maximum Gasteiger partial charge on any atom is 0.323 e. The van der Waals surface area contributed by atoms with Crippen molar-refractivity contribution in [2.75, 3.05) is 0 Å². The van der Waals surface area contributed by atoms with E-state index in [-0.39, 0.29) is 6.54 Å². The van der Waals surface area contributed by atoms with Crippen LogP contribution in [0.2, 0.25) is 0 Å². The van der Waals surface area contributed by atoms with Gasteiger partial charge >= 0.3 is 5.97 Å². The normalized spacial score (nSPS) is 13.3. The zero-order chi connectivity index (χ0) is 15.9. The Morgan fingerprint density at radius 1 is 1.23 bits per heavy atom. The van der Waals surface area contributed by atoms with Crippen LogP contribution in [-0.2, 0) is 11.3 Å². The zero-order valence-corrected chi connectivity index (χ0v) is 13.0. The van der Waals surface area contributed by atoms with Gasteiger partial charge in [-0.05, 0) is 24.1 Å². The molecule has 0 radical (unpaired) electrons. The number of aromatic nitrogens is 1. The molecule has 1 heterocycles. The molecule has 1 aliphatic carbocycles. The van der Waals surface area contributed by atoms with Gasteiger partial charge in [0.25, 0.3) is 0 Å². The molecule has 3 nitrogen and oxygen atoms in total. The number of para-hydroxylation sites is 1. The maximum absolute atomic E-state index is 11.1. The minimum absolute atomic E-state index is 0.0300. The van der Waals surface area contributed by atoms with E-state index in [0.29, 0.717) is 0 Å². The lowest BCUT2D eigenvalue weighted by Crippen LogP contribution is -2.10. The van der Waals surface area contributed by atoms with Gasteiger partial charge < -0.3 is 9.67 Å². The molecule has 0 saturated heterocycles. The third kappa shape index (κ3) is 3.37. The van der Waals surface area contributed by atoms with Crippen LogP contribution in [0.5, 0.6) is 0 Å². The van der Waals surface area contributed by atoms with Gasteiger partial charge in [-0.2, -0.15) is 0 Å². The number of nitrogens with zero attached hydrogens (tertiary/aromatic N) is 1. The minimum atomic E-state index is -0.832. The fourth-order valence-corrected chi connectivity index (χ4v) is 2.51. The molecule has 0 aliphatic heterocycles. The second kappa shape index (κ2) is 7.46. The van der Waals surface area contributed by atoms with Gasteiger partial charge in [-0.1, -0.05) is 62.4 Å². The molecule has 0 saturated carbocycles. The average molecular weight is 295 g/mol. The molecule has 22 heavy (non-hydrogen) atoms. The van der Waals surface area contributed by atoms with Crippen molar-refractivity contribution < 1.29 is 9.90 Å². The Kier molecular flexibility index (Phi) is 5.37. The van der Waals surface area contributed by atoms with E-state index < -0.39 is 5.97 Å². The standard InChI is InChI=1S/C17H15NO2.C2H6/c19-17(20)12-18-15-10-6-5-9-14(15)11-16(18)13-7-3-1-2-4-8-13;1-2/h1,3-11H,2,12H2,(H,19,20);1-2H3. The largest absolute Gasteiger partial charge is 0.480 e. The average Bonchev–Trinajstić information content (AvgIpc) is 2.72. The number of carboxylic acids is 1. The number of aliphatic carboxylic acids is 1. The monoisotopic (exact) mass is 295 g/mol. The number of rotatable bonds is 3. The quantitative estimate of drug-likeness (QED) is 0.895. The van der Waals surface area contributed by atoms with Crippen molar-refractivity contribution in [1.29, 1.82) is 0 Å². The first kappa shape index (κ1) is 15.8. The van der Waals surface area contributed by atoms with Crippen LogP contribution in [0.15, 0.2) is 60.7 Å². The summed E-state index contributed by atoms with van der Waals surface area (Å²) in [7, 11) is 0. The van der Waals surface area contributed by atoms with E-state index in [4.69, 9.17) is 5.11 Å². The first-order valence-electron chi connectivity index (χ1n) is 7.59. The highest BCUT2D eigenvalue weighted by Crippen LogP contribution is 2.27. The summed E-state index contributed by atoms with van der Waals surface area (Å²) >= 11 is 0. The second-order valence-electron chi connectivity index (χ2n) is 4.76. The maximum atomic E-state index is 11.1. The Labute approximate surface area is 130 Å². The predicted molar refractivity (Wildman–Crippen MR) is 91.8 cm³/mol. The smallest absolute Gasteiger partial charge is 0.323 e. The van der Waals surface area contributed by atoms with Crippen LogP contribution >= 0.6 is 0 Å². The molecular weight excluding hydrogens is 274 g/mol. The number of hydrogen-bond acceptors (Lipinski definition) is 1. The second-order valence-corrected chi connectivity index (χ2v) is 4.76. The fraction of sp³-hybridized carbons (Fsp3) is 0.211. The number of fused-ring (bicyclic) bond motifs is 1. The Bertz CT molecular complexity index is 748. The van der Waals surface area contributed by atoms with E-state index in [1.54, 1.807) is 0 Å². The molecule has 0 bridgehead atoms. The number of hydrogen-bond donors (Lipinski definition) is 1. The van der Waals surface area contributed by atoms with Crippen molar-refractivity contribution in [2.45, 2.75) is 26.8 Å². The number of carboxylic acid groups (broad SMARTS) is 1. The van der Waals surface area contributed by atoms with Crippen LogP contribution in [0, 0.1) is 0 Å². The highest BCUT2D eigenvalue weighted by molar-refractivity contribution is 5.89. The number of carbonyl (C=O) groups is 1. The summed E-state index contributed by atoms with van der Waals surface area (Å²) in [5.74, 6) is -0.832. The molecular formula is C19H21NO2.